The predicted molar refractivity (Wildman–Crippen MR) is 87.9 cm³/mol. The Morgan fingerprint density at radius 2 is 2.17 bits per heavy atom. The number of aryl methyl sites for hydroxylation is 1. The molecule has 2 rings (SSSR count). The van der Waals surface area contributed by atoms with Crippen LogP contribution in [0.15, 0.2) is 23.1 Å². The largest absolute Gasteiger partial charge is 0.496 e. The van der Waals surface area contributed by atoms with Gasteiger partial charge in [0, 0.05) is 19.6 Å². The second-order valence-corrected chi connectivity index (χ2v) is 7.67. The first kappa shape index (κ1) is 17.7. The van der Waals surface area contributed by atoms with Gasteiger partial charge in [-0.3, -0.25) is 4.79 Å². The van der Waals surface area contributed by atoms with E-state index in [-0.39, 0.29) is 23.3 Å². The number of sulfonamides is 1. The number of methoxy groups -OCH3 is 1. The van der Waals surface area contributed by atoms with Crippen molar-refractivity contribution in [1.29, 1.82) is 0 Å². The lowest BCUT2D eigenvalue weighted by molar-refractivity contribution is -0.125. The first-order valence-corrected chi connectivity index (χ1v) is 9.26. The molecule has 1 fully saturated rings. The van der Waals surface area contributed by atoms with Gasteiger partial charge in [0.15, 0.2) is 0 Å². The van der Waals surface area contributed by atoms with Gasteiger partial charge in [0.2, 0.25) is 15.9 Å². The van der Waals surface area contributed by atoms with Gasteiger partial charge < -0.3 is 10.1 Å². The van der Waals surface area contributed by atoms with Crippen molar-refractivity contribution >= 4 is 15.9 Å². The molecule has 0 spiro atoms. The fourth-order valence-electron chi connectivity index (χ4n) is 2.85. The summed E-state index contributed by atoms with van der Waals surface area (Å²) in [6, 6.07) is 4.83. The molecule has 1 aliphatic heterocycles. The summed E-state index contributed by atoms with van der Waals surface area (Å²) in [6.07, 6.45) is 1.41. The number of nitrogens with zero attached hydrogens (tertiary/aromatic N) is 1. The number of ether oxygens (including phenoxy) is 1. The summed E-state index contributed by atoms with van der Waals surface area (Å²) in [4.78, 5) is 12.2. The summed E-state index contributed by atoms with van der Waals surface area (Å²) < 4.78 is 32.2. The fraction of sp³-hybridized carbons (Fsp3) is 0.562. The molecule has 0 unspecified atom stereocenters. The molecule has 1 heterocycles. The van der Waals surface area contributed by atoms with Crippen LogP contribution in [0, 0.1) is 12.8 Å². The van der Waals surface area contributed by atoms with Gasteiger partial charge in [-0.05, 0) is 50.5 Å². The van der Waals surface area contributed by atoms with Gasteiger partial charge in [-0.25, -0.2) is 8.42 Å². The Bertz CT molecular complexity index is 673. The molecule has 1 atom stereocenters. The van der Waals surface area contributed by atoms with Crippen LogP contribution in [0.2, 0.25) is 0 Å². The van der Waals surface area contributed by atoms with Gasteiger partial charge in [-0.1, -0.05) is 0 Å². The first-order valence-electron chi connectivity index (χ1n) is 7.82. The molecule has 1 aromatic rings. The summed E-state index contributed by atoms with van der Waals surface area (Å²) in [5, 5.41) is 2.77. The van der Waals surface area contributed by atoms with Crippen LogP contribution in [0.4, 0.5) is 0 Å². The van der Waals surface area contributed by atoms with Crippen LogP contribution in [0.3, 0.4) is 0 Å². The number of nitrogens with one attached hydrogen (secondary N) is 1. The molecule has 0 aliphatic carbocycles. The Kier molecular flexibility index (Phi) is 5.64. The van der Waals surface area contributed by atoms with E-state index in [9.17, 15) is 13.2 Å². The van der Waals surface area contributed by atoms with E-state index in [2.05, 4.69) is 5.32 Å². The van der Waals surface area contributed by atoms with Gasteiger partial charge in [-0.15, -0.1) is 0 Å². The van der Waals surface area contributed by atoms with Crippen molar-refractivity contribution in [2.75, 3.05) is 26.7 Å². The van der Waals surface area contributed by atoms with Crippen LogP contribution in [0.5, 0.6) is 5.75 Å². The standard InChI is InChI=1S/C16H24N2O4S/c1-4-17-16(19)13-6-5-9-18(11-13)23(20,21)14-7-8-15(22-3)12(2)10-14/h7-8,10,13H,4-6,9,11H2,1-3H3,(H,17,19)/t13-/m0/s1. The fourth-order valence-corrected chi connectivity index (χ4v) is 4.46. The molecule has 1 amide bonds. The molecule has 7 heteroatoms. The lowest BCUT2D eigenvalue weighted by Gasteiger charge is -2.31. The minimum Gasteiger partial charge on any atom is -0.496 e. The molecule has 0 bridgehead atoms. The van der Waals surface area contributed by atoms with E-state index in [4.69, 9.17) is 4.74 Å². The molecule has 1 N–H and O–H groups in total. The highest BCUT2D eigenvalue weighted by Gasteiger charge is 2.33. The third-order valence-electron chi connectivity index (χ3n) is 4.11. The SMILES string of the molecule is CCNC(=O)[C@H]1CCCN(S(=O)(=O)c2ccc(OC)c(C)c2)C1. The van der Waals surface area contributed by atoms with Crippen LogP contribution in [0.25, 0.3) is 0 Å². The number of hydrogen-bond acceptors (Lipinski definition) is 4. The van der Waals surface area contributed by atoms with E-state index in [1.165, 1.54) is 4.31 Å². The Hall–Kier alpha value is -1.60. The second-order valence-electron chi connectivity index (χ2n) is 5.73. The Morgan fingerprint density at radius 3 is 2.78 bits per heavy atom. The van der Waals surface area contributed by atoms with Crippen molar-refractivity contribution in [2.24, 2.45) is 5.92 Å². The Balaban J connectivity index is 2.21. The molecule has 1 aromatic carbocycles. The van der Waals surface area contributed by atoms with Crippen molar-refractivity contribution in [3.63, 3.8) is 0 Å². The summed E-state index contributed by atoms with van der Waals surface area (Å²) in [5.41, 5.74) is 0.769. The predicted octanol–water partition coefficient (Wildman–Crippen LogP) is 1.54. The summed E-state index contributed by atoms with van der Waals surface area (Å²) >= 11 is 0. The topological polar surface area (TPSA) is 75.7 Å². The highest BCUT2D eigenvalue weighted by molar-refractivity contribution is 7.89. The number of hydrogen-bond donors (Lipinski definition) is 1. The number of benzene rings is 1. The molecule has 0 radical (unpaired) electrons. The van der Waals surface area contributed by atoms with E-state index < -0.39 is 10.0 Å². The van der Waals surface area contributed by atoms with E-state index in [0.717, 1.165) is 12.0 Å². The zero-order chi connectivity index (χ0) is 17.0. The average molecular weight is 340 g/mol. The first-order chi connectivity index (χ1) is 10.9. The second kappa shape index (κ2) is 7.31. The van der Waals surface area contributed by atoms with Crippen LogP contribution in [-0.2, 0) is 14.8 Å². The van der Waals surface area contributed by atoms with Gasteiger partial charge in [0.1, 0.15) is 5.75 Å². The Labute approximate surface area is 137 Å². The number of carbonyl (C=O) groups is 1. The molecule has 0 aromatic heterocycles. The number of carbonyl (C=O) groups excluding carboxylic acids is 1. The van der Waals surface area contributed by atoms with Gasteiger partial charge in [0.05, 0.1) is 17.9 Å². The van der Waals surface area contributed by atoms with E-state index >= 15 is 0 Å². The number of amides is 1. The zero-order valence-electron chi connectivity index (χ0n) is 13.8. The van der Waals surface area contributed by atoms with Gasteiger partial charge in [-0.2, -0.15) is 4.31 Å². The molecular formula is C16H24N2O4S. The summed E-state index contributed by atoms with van der Waals surface area (Å²) in [5.74, 6) is 0.305. The molecular weight excluding hydrogens is 316 g/mol. The highest BCUT2D eigenvalue weighted by atomic mass is 32.2. The molecule has 1 aliphatic rings. The maximum Gasteiger partial charge on any atom is 0.243 e. The van der Waals surface area contributed by atoms with Crippen molar-refractivity contribution in [3.05, 3.63) is 23.8 Å². The minimum atomic E-state index is -3.59. The van der Waals surface area contributed by atoms with Gasteiger partial charge >= 0.3 is 0 Å². The van der Waals surface area contributed by atoms with Crippen LogP contribution in [-0.4, -0.2) is 45.4 Å². The minimum absolute atomic E-state index is 0.0710. The monoisotopic (exact) mass is 340 g/mol. The average Bonchev–Trinajstić information content (AvgIpc) is 2.55. The number of rotatable bonds is 5. The Morgan fingerprint density at radius 1 is 1.43 bits per heavy atom. The third-order valence-corrected chi connectivity index (χ3v) is 5.97. The highest BCUT2D eigenvalue weighted by Crippen LogP contribution is 2.27. The maximum absolute atomic E-state index is 12.8. The lowest BCUT2D eigenvalue weighted by Crippen LogP contribution is -2.45. The van der Waals surface area contributed by atoms with Crippen molar-refractivity contribution in [2.45, 2.75) is 31.6 Å². The van der Waals surface area contributed by atoms with Crippen LogP contribution in [0.1, 0.15) is 25.3 Å². The van der Waals surface area contributed by atoms with Crippen molar-refractivity contribution < 1.29 is 17.9 Å². The summed E-state index contributed by atoms with van der Waals surface area (Å²) in [7, 11) is -2.04. The molecule has 0 saturated carbocycles. The number of piperidine rings is 1. The zero-order valence-corrected chi connectivity index (χ0v) is 14.6. The molecule has 128 valence electrons. The van der Waals surface area contributed by atoms with E-state index in [1.807, 2.05) is 13.8 Å². The third kappa shape index (κ3) is 3.84. The van der Waals surface area contributed by atoms with Crippen LogP contribution >= 0.6 is 0 Å². The smallest absolute Gasteiger partial charge is 0.243 e. The van der Waals surface area contributed by atoms with Crippen molar-refractivity contribution in [3.8, 4) is 5.75 Å². The molecule has 6 nitrogen and oxygen atoms in total. The van der Waals surface area contributed by atoms with Gasteiger partial charge in [0.25, 0.3) is 0 Å². The lowest BCUT2D eigenvalue weighted by atomic mass is 9.99. The molecule has 1 saturated heterocycles. The summed E-state index contributed by atoms with van der Waals surface area (Å²) in [6.45, 7) is 4.91. The van der Waals surface area contributed by atoms with E-state index in [0.29, 0.717) is 25.3 Å². The van der Waals surface area contributed by atoms with Crippen molar-refractivity contribution in [1.82, 2.24) is 9.62 Å². The van der Waals surface area contributed by atoms with E-state index in [1.54, 1.807) is 25.3 Å². The van der Waals surface area contributed by atoms with Crippen LogP contribution < -0.4 is 10.1 Å². The normalized spacial score (nSPS) is 19.3. The quantitative estimate of drug-likeness (QED) is 0.882. The molecule has 23 heavy (non-hydrogen) atoms. The maximum atomic E-state index is 12.8.